The van der Waals surface area contributed by atoms with Crippen LogP contribution in [0.1, 0.15) is 25.7 Å². The summed E-state index contributed by atoms with van der Waals surface area (Å²) in [5.41, 5.74) is 0.802. The molecule has 2 aliphatic heterocycles. The van der Waals surface area contributed by atoms with Crippen LogP contribution in [-0.2, 0) is 0 Å². The average molecular weight is 269 g/mol. The van der Waals surface area contributed by atoms with Crippen LogP contribution in [0.4, 0.5) is 10.1 Å². The van der Waals surface area contributed by atoms with E-state index in [9.17, 15) is 4.39 Å². The number of halogens is 2. The van der Waals surface area contributed by atoms with E-state index in [-0.39, 0.29) is 5.82 Å². The van der Waals surface area contributed by atoms with Gasteiger partial charge >= 0.3 is 0 Å². The number of benzene rings is 1. The van der Waals surface area contributed by atoms with Crippen LogP contribution in [0, 0.1) is 5.82 Å². The van der Waals surface area contributed by atoms with Crippen molar-refractivity contribution in [1.82, 2.24) is 4.90 Å². The standard InChI is InChI=1S/C14H18ClFN2/c15-10-6-11(16)8-13(7-10)17-12-3-5-18-4-1-2-14(18)9-12/h6-8,12,14,17H,1-5,9H2. The van der Waals surface area contributed by atoms with Gasteiger partial charge in [0.15, 0.2) is 0 Å². The van der Waals surface area contributed by atoms with Gasteiger partial charge in [0.1, 0.15) is 5.82 Å². The summed E-state index contributed by atoms with van der Waals surface area (Å²) in [5.74, 6) is -0.275. The van der Waals surface area contributed by atoms with Gasteiger partial charge in [-0.2, -0.15) is 0 Å². The number of fused-ring (bicyclic) bond motifs is 1. The largest absolute Gasteiger partial charge is 0.382 e. The second-order valence-corrected chi connectivity index (χ2v) is 5.79. The Bertz CT molecular complexity index is 418. The van der Waals surface area contributed by atoms with E-state index in [2.05, 4.69) is 10.2 Å². The maximum absolute atomic E-state index is 13.3. The third kappa shape index (κ3) is 2.62. The van der Waals surface area contributed by atoms with Crippen LogP contribution < -0.4 is 5.32 Å². The molecule has 18 heavy (non-hydrogen) atoms. The van der Waals surface area contributed by atoms with E-state index in [0.717, 1.165) is 31.1 Å². The molecule has 2 unspecified atom stereocenters. The van der Waals surface area contributed by atoms with Crippen LogP contribution >= 0.6 is 11.6 Å². The van der Waals surface area contributed by atoms with Gasteiger partial charge in [-0.25, -0.2) is 4.39 Å². The first-order valence-corrected chi connectivity index (χ1v) is 7.05. The Morgan fingerprint density at radius 1 is 1.22 bits per heavy atom. The molecule has 2 heterocycles. The third-order valence-corrected chi connectivity index (χ3v) is 4.27. The topological polar surface area (TPSA) is 15.3 Å². The van der Waals surface area contributed by atoms with Crippen LogP contribution in [0.5, 0.6) is 0 Å². The number of nitrogens with zero attached hydrogens (tertiary/aromatic N) is 1. The van der Waals surface area contributed by atoms with Crippen LogP contribution in [0.3, 0.4) is 0 Å². The summed E-state index contributed by atoms with van der Waals surface area (Å²) in [6.45, 7) is 2.41. The van der Waals surface area contributed by atoms with Crippen LogP contribution in [-0.4, -0.2) is 30.1 Å². The van der Waals surface area contributed by atoms with Gasteiger partial charge in [0.2, 0.25) is 0 Å². The first-order valence-electron chi connectivity index (χ1n) is 6.67. The van der Waals surface area contributed by atoms with E-state index in [1.54, 1.807) is 6.07 Å². The van der Waals surface area contributed by atoms with Gasteiger partial charge in [0, 0.05) is 29.3 Å². The zero-order valence-electron chi connectivity index (χ0n) is 10.3. The summed E-state index contributed by atoms with van der Waals surface area (Å²) in [5, 5.41) is 3.88. The Kier molecular flexibility index (Phi) is 3.44. The smallest absolute Gasteiger partial charge is 0.126 e. The van der Waals surface area contributed by atoms with Gasteiger partial charge in [-0.05, 0) is 50.4 Å². The van der Waals surface area contributed by atoms with Crippen molar-refractivity contribution < 1.29 is 4.39 Å². The highest BCUT2D eigenvalue weighted by Crippen LogP contribution is 2.29. The second kappa shape index (κ2) is 5.06. The fraction of sp³-hybridized carbons (Fsp3) is 0.571. The van der Waals surface area contributed by atoms with E-state index >= 15 is 0 Å². The molecule has 0 bridgehead atoms. The molecule has 98 valence electrons. The van der Waals surface area contributed by atoms with Gasteiger partial charge in [-0.3, -0.25) is 0 Å². The van der Waals surface area contributed by atoms with Crippen molar-refractivity contribution in [3.05, 3.63) is 29.0 Å². The Hall–Kier alpha value is -0.800. The summed E-state index contributed by atoms with van der Waals surface area (Å²) < 4.78 is 13.3. The molecule has 1 aromatic carbocycles. The van der Waals surface area contributed by atoms with Crippen LogP contribution in [0.2, 0.25) is 5.02 Å². The number of rotatable bonds is 2. The minimum Gasteiger partial charge on any atom is -0.382 e. The molecule has 0 radical (unpaired) electrons. The molecule has 2 atom stereocenters. The highest BCUT2D eigenvalue weighted by atomic mass is 35.5. The Morgan fingerprint density at radius 3 is 2.94 bits per heavy atom. The summed E-state index contributed by atoms with van der Waals surface area (Å²) in [6.07, 6.45) is 4.92. The number of hydrogen-bond donors (Lipinski definition) is 1. The number of piperidine rings is 1. The molecule has 0 aromatic heterocycles. The SMILES string of the molecule is Fc1cc(Cl)cc(NC2CCN3CCCC3C2)c1. The molecule has 2 fully saturated rings. The highest BCUT2D eigenvalue weighted by Gasteiger charge is 2.31. The summed E-state index contributed by atoms with van der Waals surface area (Å²) in [7, 11) is 0. The first kappa shape index (κ1) is 12.2. The van der Waals surface area contributed by atoms with E-state index < -0.39 is 0 Å². The predicted octanol–water partition coefficient (Wildman–Crippen LogP) is 3.52. The molecule has 1 N–H and O–H groups in total. The predicted molar refractivity (Wildman–Crippen MR) is 72.6 cm³/mol. The minimum atomic E-state index is -0.275. The highest BCUT2D eigenvalue weighted by molar-refractivity contribution is 6.30. The molecular weight excluding hydrogens is 251 g/mol. The normalized spacial score (nSPS) is 28.1. The van der Waals surface area contributed by atoms with Gasteiger partial charge in [0.25, 0.3) is 0 Å². The molecule has 4 heteroatoms. The molecular formula is C14H18ClFN2. The summed E-state index contributed by atoms with van der Waals surface area (Å²) >= 11 is 5.87. The molecule has 3 rings (SSSR count). The van der Waals surface area contributed by atoms with Crippen molar-refractivity contribution in [3.8, 4) is 0 Å². The minimum absolute atomic E-state index is 0.275. The van der Waals surface area contributed by atoms with E-state index in [1.807, 2.05) is 0 Å². The molecule has 2 aliphatic rings. The lowest BCUT2D eigenvalue weighted by Crippen LogP contribution is -2.42. The van der Waals surface area contributed by atoms with E-state index in [0.29, 0.717) is 11.1 Å². The molecule has 0 aliphatic carbocycles. The zero-order chi connectivity index (χ0) is 12.5. The maximum atomic E-state index is 13.3. The lowest BCUT2D eigenvalue weighted by Gasteiger charge is -2.35. The van der Waals surface area contributed by atoms with Crippen molar-refractivity contribution in [1.29, 1.82) is 0 Å². The molecule has 2 nitrogen and oxygen atoms in total. The summed E-state index contributed by atoms with van der Waals surface area (Å²) in [4.78, 5) is 2.58. The van der Waals surface area contributed by atoms with Crippen molar-refractivity contribution in [2.75, 3.05) is 18.4 Å². The van der Waals surface area contributed by atoms with Crippen LogP contribution in [0.25, 0.3) is 0 Å². The lowest BCUT2D eigenvalue weighted by molar-refractivity contribution is 0.188. The fourth-order valence-electron chi connectivity index (χ4n) is 3.23. The zero-order valence-corrected chi connectivity index (χ0v) is 11.1. The quantitative estimate of drug-likeness (QED) is 0.883. The van der Waals surface area contributed by atoms with Crippen molar-refractivity contribution in [3.63, 3.8) is 0 Å². The maximum Gasteiger partial charge on any atom is 0.126 e. The molecule has 0 saturated carbocycles. The Morgan fingerprint density at radius 2 is 2.11 bits per heavy atom. The van der Waals surface area contributed by atoms with Gasteiger partial charge < -0.3 is 10.2 Å². The Labute approximate surface area is 112 Å². The van der Waals surface area contributed by atoms with E-state index in [4.69, 9.17) is 11.6 Å². The fourth-order valence-corrected chi connectivity index (χ4v) is 3.45. The van der Waals surface area contributed by atoms with Crippen molar-refractivity contribution in [2.45, 2.75) is 37.8 Å². The summed E-state index contributed by atoms with van der Waals surface area (Å²) in [6, 6.07) is 5.83. The molecule has 0 amide bonds. The van der Waals surface area contributed by atoms with Crippen molar-refractivity contribution in [2.24, 2.45) is 0 Å². The van der Waals surface area contributed by atoms with Gasteiger partial charge in [-0.15, -0.1) is 0 Å². The van der Waals surface area contributed by atoms with Crippen molar-refractivity contribution >= 4 is 17.3 Å². The van der Waals surface area contributed by atoms with Crippen LogP contribution in [0.15, 0.2) is 18.2 Å². The molecule has 1 aromatic rings. The first-order chi connectivity index (χ1) is 8.70. The third-order valence-electron chi connectivity index (χ3n) is 4.05. The monoisotopic (exact) mass is 268 g/mol. The molecule has 0 spiro atoms. The van der Waals surface area contributed by atoms with Gasteiger partial charge in [-0.1, -0.05) is 11.6 Å². The van der Waals surface area contributed by atoms with Gasteiger partial charge in [0.05, 0.1) is 0 Å². The van der Waals surface area contributed by atoms with E-state index in [1.165, 1.54) is 31.5 Å². The number of anilines is 1. The number of hydrogen-bond acceptors (Lipinski definition) is 2. The second-order valence-electron chi connectivity index (χ2n) is 5.36. The lowest BCUT2D eigenvalue weighted by atomic mass is 9.97. The average Bonchev–Trinajstić information content (AvgIpc) is 2.74. The number of nitrogens with one attached hydrogen (secondary N) is 1. The Balaban J connectivity index is 1.65. The molecule has 2 saturated heterocycles.